The Morgan fingerprint density at radius 2 is 1.74 bits per heavy atom. The van der Waals surface area contributed by atoms with Gasteiger partial charge in [-0.05, 0) is 30.3 Å². The van der Waals surface area contributed by atoms with E-state index in [0.29, 0.717) is 17.9 Å². The van der Waals surface area contributed by atoms with E-state index in [1.165, 1.54) is 24.3 Å². The fourth-order valence-corrected chi connectivity index (χ4v) is 3.62. The van der Waals surface area contributed by atoms with E-state index in [0.717, 1.165) is 0 Å². The Hall–Kier alpha value is -2.60. The van der Waals surface area contributed by atoms with Gasteiger partial charge in [0.1, 0.15) is 18.1 Å². The van der Waals surface area contributed by atoms with Crippen LogP contribution in [0.1, 0.15) is 46.2 Å². The van der Waals surface area contributed by atoms with E-state index in [4.69, 9.17) is 5.73 Å². The number of carboxylic acids is 1. The van der Waals surface area contributed by atoms with E-state index in [1.54, 1.807) is 13.8 Å². The van der Waals surface area contributed by atoms with Crippen molar-refractivity contribution in [3.05, 3.63) is 18.2 Å². The average Bonchev–Trinajstić information content (AvgIpc) is 3.30. The number of carbonyl (C=O) groups excluding carboxylic acids is 3. The van der Waals surface area contributed by atoms with E-state index in [2.05, 4.69) is 25.9 Å². The van der Waals surface area contributed by atoms with Crippen LogP contribution in [0.3, 0.4) is 0 Å². The van der Waals surface area contributed by atoms with E-state index in [-0.39, 0.29) is 24.7 Å². The topological polar surface area (TPSA) is 179 Å². The zero-order valence-electron chi connectivity index (χ0n) is 20.5. The highest BCUT2D eigenvalue weighted by molar-refractivity contribution is 7.98. The van der Waals surface area contributed by atoms with Crippen molar-refractivity contribution in [2.75, 3.05) is 12.0 Å². The number of rotatable bonds is 15. The van der Waals surface area contributed by atoms with Crippen molar-refractivity contribution in [2.24, 2.45) is 17.6 Å². The first-order valence-corrected chi connectivity index (χ1v) is 12.8. The number of hydrogen-bond donors (Lipinski definition) is 6. The molecule has 0 spiro atoms. The van der Waals surface area contributed by atoms with Gasteiger partial charge in [0, 0.05) is 18.3 Å². The Morgan fingerprint density at radius 3 is 2.24 bits per heavy atom. The van der Waals surface area contributed by atoms with Crippen molar-refractivity contribution in [3.63, 3.8) is 0 Å². The molecule has 5 atom stereocenters. The number of carbonyl (C=O) groups is 4. The Balaban J connectivity index is 3.01. The molecule has 11 nitrogen and oxygen atoms in total. The highest BCUT2D eigenvalue weighted by Crippen LogP contribution is 2.09. The Labute approximate surface area is 204 Å². The maximum Gasteiger partial charge on any atom is 0.326 e. The van der Waals surface area contributed by atoms with Crippen LogP contribution in [-0.4, -0.2) is 74.9 Å². The lowest BCUT2D eigenvalue weighted by atomic mass is 9.98. The van der Waals surface area contributed by atoms with Gasteiger partial charge in [0.2, 0.25) is 17.7 Å². The van der Waals surface area contributed by atoms with Gasteiger partial charge in [-0.25, -0.2) is 9.78 Å². The fourth-order valence-electron chi connectivity index (χ4n) is 3.15. The molecule has 0 aromatic carbocycles. The van der Waals surface area contributed by atoms with E-state index < -0.39 is 47.9 Å². The summed E-state index contributed by atoms with van der Waals surface area (Å²) in [5, 5.41) is 17.3. The van der Waals surface area contributed by atoms with Crippen LogP contribution < -0.4 is 21.7 Å². The van der Waals surface area contributed by atoms with E-state index in [1.807, 2.05) is 20.1 Å². The number of imidazole rings is 1. The second kappa shape index (κ2) is 14.6. The molecule has 5 unspecified atom stereocenters. The Kier molecular flexibility index (Phi) is 12.7. The summed E-state index contributed by atoms with van der Waals surface area (Å²) in [4.78, 5) is 57.1. The second-order valence-corrected chi connectivity index (χ2v) is 9.65. The van der Waals surface area contributed by atoms with Crippen LogP contribution in [0.15, 0.2) is 12.5 Å². The minimum Gasteiger partial charge on any atom is -0.480 e. The molecule has 0 bridgehead atoms. The third-order valence-corrected chi connectivity index (χ3v) is 6.29. The fraction of sp³-hybridized carbons (Fsp3) is 0.682. The van der Waals surface area contributed by atoms with Crippen molar-refractivity contribution >= 4 is 35.5 Å². The molecular weight excluding hydrogens is 460 g/mol. The first-order valence-electron chi connectivity index (χ1n) is 11.4. The van der Waals surface area contributed by atoms with Gasteiger partial charge in [-0.3, -0.25) is 14.4 Å². The predicted octanol–water partition coefficient (Wildman–Crippen LogP) is 0.274. The summed E-state index contributed by atoms with van der Waals surface area (Å²) in [7, 11) is 0. The van der Waals surface area contributed by atoms with Crippen molar-refractivity contribution in [2.45, 2.75) is 71.1 Å². The minimum absolute atomic E-state index is 0.0840. The molecular formula is C22H38N6O5S. The van der Waals surface area contributed by atoms with Crippen molar-refractivity contribution in [3.8, 4) is 0 Å². The Bertz CT molecular complexity index is 804. The molecule has 0 saturated heterocycles. The molecule has 1 heterocycles. The van der Waals surface area contributed by atoms with Crippen LogP contribution >= 0.6 is 11.8 Å². The maximum atomic E-state index is 13.2. The highest BCUT2D eigenvalue weighted by Gasteiger charge is 2.32. The summed E-state index contributed by atoms with van der Waals surface area (Å²) in [6.07, 6.45) is 5.91. The zero-order valence-corrected chi connectivity index (χ0v) is 21.3. The van der Waals surface area contributed by atoms with Crippen molar-refractivity contribution in [1.29, 1.82) is 0 Å². The van der Waals surface area contributed by atoms with E-state index >= 15 is 0 Å². The quantitative estimate of drug-likeness (QED) is 0.199. The monoisotopic (exact) mass is 498 g/mol. The van der Waals surface area contributed by atoms with Gasteiger partial charge in [0.05, 0.1) is 12.4 Å². The summed E-state index contributed by atoms with van der Waals surface area (Å²) in [6.45, 7) is 7.25. The van der Waals surface area contributed by atoms with Gasteiger partial charge in [0.15, 0.2) is 0 Å². The maximum absolute atomic E-state index is 13.2. The summed E-state index contributed by atoms with van der Waals surface area (Å²) in [6, 6.07) is -3.86. The zero-order chi connectivity index (χ0) is 25.8. The number of hydrogen-bond acceptors (Lipinski definition) is 7. The number of amides is 3. The third-order valence-electron chi connectivity index (χ3n) is 5.64. The molecule has 1 aromatic rings. The lowest BCUT2D eigenvalue weighted by Crippen LogP contribution is -2.59. The number of aromatic amines is 1. The number of H-pyrrole nitrogens is 1. The van der Waals surface area contributed by atoms with Crippen LogP contribution in [0.25, 0.3) is 0 Å². The van der Waals surface area contributed by atoms with Gasteiger partial charge in [-0.15, -0.1) is 0 Å². The first kappa shape index (κ1) is 29.4. The number of carboxylic acid groups (broad SMARTS) is 1. The lowest BCUT2D eigenvalue weighted by molar-refractivity contribution is -0.142. The summed E-state index contributed by atoms with van der Waals surface area (Å²) in [5.74, 6) is -2.64. The normalized spacial score (nSPS) is 15.6. The van der Waals surface area contributed by atoms with Gasteiger partial charge in [0.25, 0.3) is 0 Å². The first-order chi connectivity index (χ1) is 16.0. The van der Waals surface area contributed by atoms with Crippen LogP contribution in [-0.2, 0) is 25.6 Å². The summed E-state index contributed by atoms with van der Waals surface area (Å²) >= 11 is 1.47. The smallest absolute Gasteiger partial charge is 0.326 e. The van der Waals surface area contributed by atoms with Crippen LogP contribution in [0.4, 0.5) is 0 Å². The SMILES string of the molecule is CCC(C)C(N)C(=O)NC(Cc1cnc[nH]1)C(=O)NC(C(=O)NC(CCSC)C(=O)O)C(C)C. The number of aromatic nitrogens is 2. The molecule has 192 valence electrons. The van der Waals surface area contributed by atoms with Gasteiger partial charge in [-0.2, -0.15) is 11.8 Å². The second-order valence-electron chi connectivity index (χ2n) is 8.66. The van der Waals surface area contributed by atoms with Crippen LogP contribution in [0.2, 0.25) is 0 Å². The molecule has 1 rings (SSSR count). The Morgan fingerprint density at radius 1 is 1.09 bits per heavy atom. The standard InChI is InChI=1S/C22H38N6O5S/c1-6-13(4)17(23)20(30)27-16(9-14-10-24-11-25-14)19(29)28-18(12(2)3)21(31)26-15(22(32)33)7-8-34-5/h10-13,15-18H,6-9,23H2,1-5H3,(H,24,25)(H,26,31)(H,27,30)(H,28,29)(H,32,33). The number of aliphatic carboxylic acids is 1. The molecule has 1 aromatic heterocycles. The summed E-state index contributed by atoms with van der Waals surface area (Å²) < 4.78 is 0. The predicted molar refractivity (Wildman–Crippen MR) is 131 cm³/mol. The highest BCUT2D eigenvalue weighted by atomic mass is 32.2. The van der Waals surface area contributed by atoms with Crippen LogP contribution in [0.5, 0.6) is 0 Å². The molecule has 34 heavy (non-hydrogen) atoms. The number of nitrogens with two attached hydrogens (primary N) is 1. The molecule has 0 fully saturated rings. The molecule has 0 aliphatic rings. The van der Waals surface area contributed by atoms with Crippen molar-refractivity contribution in [1.82, 2.24) is 25.9 Å². The number of thioether (sulfide) groups is 1. The lowest BCUT2D eigenvalue weighted by Gasteiger charge is -2.27. The van der Waals surface area contributed by atoms with Gasteiger partial charge < -0.3 is 31.8 Å². The molecule has 0 radical (unpaired) electrons. The van der Waals surface area contributed by atoms with Crippen molar-refractivity contribution < 1.29 is 24.3 Å². The number of nitrogens with zero attached hydrogens (tertiary/aromatic N) is 1. The summed E-state index contributed by atoms with van der Waals surface area (Å²) in [5.41, 5.74) is 6.65. The van der Waals surface area contributed by atoms with Gasteiger partial charge >= 0.3 is 5.97 Å². The molecule has 0 aliphatic carbocycles. The molecule has 12 heteroatoms. The molecule has 3 amide bonds. The minimum atomic E-state index is -1.14. The van der Waals surface area contributed by atoms with Crippen LogP contribution in [0, 0.1) is 11.8 Å². The molecule has 0 saturated carbocycles. The van der Waals surface area contributed by atoms with Gasteiger partial charge in [-0.1, -0.05) is 34.1 Å². The molecule has 0 aliphatic heterocycles. The van der Waals surface area contributed by atoms with E-state index in [9.17, 15) is 24.3 Å². The number of nitrogens with one attached hydrogen (secondary N) is 4. The third kappa shape index (κ3) is 9.34. The average molecular weight is 499 g/mol. The molecule has 7 N–H and O–H groups in total. The largest absolute Gasteiger partial charge is 0.480 e.